The van der Waals surface area contributed by atoms with E-state index in [0.717, 1.165) is 41.4 Å². The van der Waals surface area contributed by atoms with Crippen molar-refractivity contribution in [1.29, 1.82) is 0 Å². The molecular weight excluding hydrogens is 340 g/mol. The Hall–Kier alpha value is -1.99. The number of hydrogen-bond donors (Lipinski definition) is 0. The summed E-state index contributed by atoms with van der Waals surface area (Å²) in [6.07, 6.45) is 5.06. The van der Waals surface area contributed by atoms with Gasteiger partial charge in [0.05, 0.1) is 16.6 Å². The van der Waals surface area contributed by atoms with Crippen LogP contribution in [0.25, 0.3) is 9.88 Å². The molecule has 1 aliphatic heterocycles. The number of thiazole rings is 1. The van der Waals surface area contributed by atoms with E-state index in [9.17, 15) is 4.79 Å². The van der Waals surface area contributed by atoms with Crippen molar-refractivity contribution in [3.63, 3.8) is 0 Å². The van der Waals surface area contributed by atoms with Crippen LogP contribution in [0.2, 0.25) is 0 Å². The fraction of sp³-hybridized carbons (Fsp3) is 0.353. The third-order valence-electron chi connectivity index (χ3n) is 4.29. The summed E-state index contributed by atoms with van der Waals surface area (Å²) in [7, 11) is 1.91. The molecule has 1 amide bonds. The summed E-state index contributed by atoms with van der Waals surface area (Å²) in [4.78, 5) is 20.6. The van der Waals surface area contributed by atoms with Gasteiger partial charge in [-0.1, -0.05) is 6.07 Å². The number of aryl methyl sites for hydroxylation is 1. The lowest BCUT2D eigenvalue weighted by molar-refractivity contribution is 0.0600. The molecule has 0 radical (unpaired) electrons. The molecule has 24 heavy (non-hydrogen) atoms. The number of carbonyl (C=O) groups excluding carboxylic acids is 1. The molecule has 1 atom stereocenters. The first-order valence-electron chi connectivity index (χ1n) is 8.02. The van der Waals surface area contributed by atoms with E-state index < -0.39 is 0 Å². The summed E-state index contributed by atoms with van der Waals surface area (Å²) in [5, 5.41) is 9.33. The van der Waals surface area contributed by atoms with Gasteiger partial charge in [-0.2, -0.15) is 5.10 Å². The van der Waals surface area contributed by atoms with Crippen LogP contribution in [0.3, 0.4) is 0 Å². The monoisotopic (exact) mass is 358 g/mol. The fourth-order valence-corrected chi connectivity index (χ4v) is 4.73. The largest absolute Gasteiger partial charge is 0.329 e. The number of piperidine rings is 1. The molecule has 0 spiro atoms. The molecule has 1 saturated heterocycles. The molecule has 3 aromatic rings. The lowest BCUT2D eigenvalue weighted by atomic mass is 9.99. The maximum absolute atomic E-state index is 13.0. The van der Waals surface area contributed by atoms with E-state index in [0.29, 0.717) is 5.69 Å². The normalized spacial score (nSPS) is 18.0. The Morgan fingerprint density at radius 2 is 2.21 bits per heavy atom. The van der Waals surface area contributed by atoms with Gasteiger partial charge in [0.2, 0.25) is 0 Å². The molecule has 0 N–H and O–H groups in total. The molecule has 0 saturated carbocycles. The molecule has 1 aliphatic rings. The van der Waals surface area contributed by atoms with Crippen LogP contribution in [0.15, 0.2) is 35.2 Å². The van der Waals surface area contributed by atoms with Crippen LogP contribution >= 0.6 is 22.7 Å². The van der Waals surface area contributed by atoms with Crippen molar-refractivity contribution in [2.45, 2.75) is 25.3 Å². The minimum atomic E-state index is 0.0180. The molecule has 124 valence electrons. The minimum absolute atomic E-state index is 0.0180. The molecule has 0 aromatic carbocycles. The lowest BCUT2D eigenvalue weighted by Crippen LogP contribution is -2.38. The Morgan fingerprint density at radius 1 is 1.29 bits per heavy atom. The quantitative estimate of drug-likeness (QED) is 0.712. The summed E-state index contributed by atoms with van der Waals surface area (Å²) >= 11 is 3.18. The first-order chi connectivity index (χ1) is 11.7. The Balaban J connectivity index is 1.60. The van der Waals surface area contributed by atoms with Crippen LogP contribution in [-0.4, -0.2) is 32.1 Å². The van der Waals surface area contributed by atoms with E-state index >= 15 is 0 Å². The van der Waals surface area contributed by atoms with Crippen molar-refractivity contribution in [3.8, 4) is 9.88 Å². The first-order valence-corrected chi connectivity index (χ1v) is 9.78. The molecular formula is C17H18N4OS2. The molecule has 0 bridgehead atoms. The van der Waals surface area contributed by atoms with Crippen molar-refractivity contribution < 1.29 is 4.79 Å². The molecule has 3 aromatic heterocycles. The van der Waals surface area contributed by atoms with Gasteiger partial charge in [-0.15, -0.1) is 22.7 Å². The highest BCUT2D eigenvalue weighted by atomic mass is 32.1. The van der Waals surface area contributed by atoms with Crippen molar-refractivity contribution >= 4 is 28.6 Å². The maximum atomic E-state index is 13.0. The smallest absolute Gasteiger partial charge is 0.273 e. The highest BCUT2D eigenvalue weighted by Crippen LogP contribution is 2.33. The summed E-state index contributed by atoms with van der Waals surface area (Å²) in [5.41, 5.74) is 1.52. The number of nitrogens with zero attached hydrogens (tertiary/aromatic N) is 4. The van der Waals surface area contributed by atoms with Gasteiger partial charge in [0.25, 0.3) is 5.91 Å². The van der Waals surface area contributed by atoms with E-state index in [-0.39, 0.29) is 11.9 Å². The van der Waals surface area contributed by atoms with Crippen molar-refractivity contribution in [3.05, 3.63) is 46.5 Å². The van der Waals surface area contributed by atoms with Crippen LogP contribution in [0.4, 0.5) is 0 Å². The highest BCUT2D eigenvalue weighted by Gasteiger charge is 2.31. The Morgan fingerprint density at radius 3 is 2.96 bits per heavy atom. The van der Waals surface area contributed by atoms with Gasteiger partial charge >= 0.3 is 0 Å². The average molecular weight is 358 g/mol. The van der Waals surface area contributed by atoms with Crippen LogP contribution in [0.5, 0.6) is 0 Å². The van der Waals surface area contributed by atoms with Crippen molar-refractivity contribution in [2.75, 3.05) is 6.54 Å². The molecule has 4 heterocycles. The van der Waals surface area contributed by atoms with Gasteiger partial charge in [-0.25, -0.2) is 4.98 Å². The van der Waals surface area contributed by atoms with Gasteiger partial charge in [0, 0.05) is 25.2 Å². The number of hydrogen-bond acceptors (Lipinski definition) is 5. The second-order valence-electron chi connectivity index (χ2n) is 5.94. The molecule has 7 heteroatoms. The predicted molar refractivity (Wildman–Crippen MR) is 96.3 cm³/mol. The molecule has 0 aliphatic carbocycles. The first kappa shape index (κ1) is 15.5. The zero-order valence-electron chi connectivity index (χ0n) is 13.4. The Bertz CT molecular complexity index is 837. The average Bonchev–Trinajstić information content (AvgIpc) is 3.34. The van der Waals surface area contributed by atoms with Gasteiger partial charge in [-0.3, -0.25) is 9.48 Å². The van der Waals surface area contributed by atoms with E-state index in [1.807, 2.05) is 47.1 Å². The molecule has 4 rings (SSSR count). The number of rotatable bonds is 3. The van der Waals surface area contributed by atoms with Crippen LogP contribution in [0, 0.1) is 0 Å². The van der Waals surface area contributed by atoms with Gasteiger partial charge in [0.1, 0.15) is 10.7 Å². The van der Waals surface area contributed by atoms with Crippen molar-refractivity contribution in [1.82, 2.24) is 19.7 Å². The second kappa shape index (κ2) is 6.49. The van der Waals surface area contributed by atoms with Crippen LogP contribution < -0.4 is 0 Å². The van der Waals surface area contributed by atoms with Crippen LogP contribution in [0.1, 0.15) is 41.5 Å². The summed E-state index contributed by atoms with van der Waals surface area (Å²) in [6, 6.07) is 6.10. The zero-order chi connectivity index (χ0) is 16.5. The van der Waals surface area contributed by atoms with Gasteiger partial charge in [0.15, 0.2) is 0 Å². The maximum Gasteiger partial charge on any atom is 0.273 e. The van der Waals surface area contributed by atoms with E-state index in [4.69, 9.17) is 0 Å². The van der Waals surface area contributed by atoms with Gasteiger partial charge in [-0.05, 0) is 36.8 Å². The lowest BCUT2D eigenvalue weighted by Gasteiger charge is -2.34. The second-order valence-corrected chi connectivity index (χ2v) is 7.75. The minimum Gasteiger partial charge on any atom is -0.329 e. The molecule has 1 unspecified atom stereocenters. The number of amides is 1. The third-order valence-corrected chi connectivity index (χ3v) is 6.18. The summed E-state index contributed by atoms with van der Waals surface area (Å²) < 4.78 is 1.80. The third kappa shape index (κ3) is 2.89. The predicted octanol–water partition coefficient (Wildman–Crippen LogP) is 3.97. The highest BCUT2D eigenvalue weighted by molar-refractivity contribution is 7.20. The molecule has 1 fully saturated rings. The fourth-order valence-electron chi connectivity index (χ4n) is 3.13. The Labute approximate surface area is 148 Å². The van der Waals surface area contributed by atoms with Gasteiger partial charge < -0.3 is 4.90 Å². The number of likely N-dealkylation sites (tertiary alicyclic amines) is 1. The SMILES string of the molecule is Cn1ccc(C2CCCCN2C(=O)c2csc(-c3cccs3)n2)n1. The summed E-state index contributed by atoms with van der Waals surface area (Å²) in [5.74, 6) is 0.0180. The molecule has 5 nitrogen and oxygen atoms in total. The topological polar surface area (TPSA) is 51.0 Å². The van der Waals surface area contributed by atoms with E-state index in [2.05, 4.69) is 10.1 Å². The standard InChI is InChI=1S/C17H18N4OS2/c1-20-9-7-12(19-20)14-5-2-3-8-21(14)17(22)13-11-24-16(18-13)15-6-4-10-23-15/h4,6-7,9-11,14H,2-3,5,8H2,1H3. The Kier molecular flexibility index (Phi) is 4.20. The van der Waals surface area contributed by atoms with Crippen molar-refractivity contribution in [2.24, 2.45) is 7.05 Å². The number of carbonyl (C=O) groups is 1. The number of thiophene rings is 1. The number of aromatic nitrogens is 3. The zero-order valence-corrected chi connectivity index (χ0v) is 15.0. The summed E-state index contributed by atoms with van der Waals surface area (Å²) in [6.45, 7) is 0.770. The van der Waals surface area contributed by atoms with E-state index in [1.165, 1.54) is 11.3 Å². The van der Waals surface area contributed by atoms with Crippen LogP contribution in [-0.2, 0) is 7.05 Å². The van der Waals surface area contributed by atoms with E-state index in [1.54, 1.807) is 16.0 Å².